The largest absolute Gasteiger partial charge is 0.298 e. The van der Waals surface area contributed by atoms with Gasteiger partial charge in [0.15, 0.2) is 5.78 Å². The summed E-state index contributed by atoms with van der Waals surface area (Å²) in [5.41, 5.74) is -1.69. The highest BCUT2D eigenvalue weighted by atomic mass is 16.2. The summed E-state index contributed by atoms with van der Waals surface area (Å²) >= 11 is 0. The standard InChI is InChI=1S/C16H26O3/c1-6-11-12(17)13(18)16(9-4,10-5)14(19)15(11,7-2)8-3/h11H,6-10H2,1-5H3. The minimum atomic E-state index is -1.06. The minimum Gasteiger partial charge on any atom is -0.298 e. The third-order valence-electron chi connectivity index (χ3n) is 5.41. The summed E-state index contributed by atoms with van der Waals surface area (Å²) in [5, 5.41) is 0. The number of hydrogen-bond acceptors (Lipinski definition) is 3. The number of carbonyl (C=O) groups is 3. The molecule has 0 N–H and O–H groups in total. The summed E-state index contributed by atoms with van der Waals surface area (Å²) in [7, 11) is 0. The highest BCUT2D eigenvalue weighted by molar-refractivity contribution is 6.46. The Morgan fingerprint density at radius 2 is 1.32 bits per heavy atom. The van der Waals surface area contributed by atoms with Crippen LogP contribution in [0, 0.1) is 16.7 Å². The molecule has 0 heterocycles. The summed E-state index contributed by atoms with van der Waals surface area (Å²) in [6.45, 7) is 9.50. The Labute approximate surface area is 116 Å². The van der Waals surface area contributed by atoms with Gasteiger partial charge in [-0.25, -0.2) is 0 Å². The molecule has 0 aromatic rings. The molecule has 3 heteroatoms. The maximum absolute atomic E-state index is 13.0. The van der Waals surface area contributed by atoms with Crippen LogP contribution >= 0.6 is 0 Å². The van der Waals surface area contributed by atoms with Gasteiger partial charge < -0.3 is 0 Å². The van der Waals surface area contributed by atoms with Crippen LogP contribution in [0.5, 0.6) is 0 Å². The molecule has 108 valence electrons. The van der Waals surface area contributed by atoms with Crippen LogP contribution in [0.2, 0.25) is 0 Å². The second kappa shape index (κ2) is 5.56. The van der Waals surface area contributed by atoms with Crippen LogP contribution in [-0.2, 0) is 14.4 Å². The smallest absolute Gasteiger partial charge is 0.212 e. The average molecular weight is 266 g/mol. The fourth-order valence-corrected chi connectivity index (χ4v) is 3.92. The summed E-state index contributed by atoms with van der Waals surface area (Å²) in [4.78, 5) is 38.0. The third kappa shape index (κ3) is 1.89. The average Bonchev–Trinajstić information content (AvgIpc) is 2.44. The van der Waals surface area contributed by atoms with E-state index >= 15 is 0 Å². The van der Waals surface area contributed by atoms with Gasteiger partial charge in [0.25, 0.3) is 0 Å². The molecule has 0 radical (unpaired) electrons. The van der Waals surface area contributed by atoms with Crippen molar-refractivity contribution in [2.24, 2.45) is 16.7 Å². The monoisotopic (exact) mass is 266 g/mol. The van der Waals surface area contributed by atoms with Crippen molar-refractivity contribution in [3.8, 4) is 0 Å². The quantitative estimate of drug-likeness (QED) is 0.566. The lowest BCUT2D eigenvalue weighted by atomic mass is 9.51. The zero-order valence-electron chi connectivity index (χ0n) is 12.8. The SMILES string of the molecule is CCC1C(=O)C(=O)C(CC)(CC)C(=O)C1(CC)CC. The predicted molar refractivity (Wildman–Crippen MR) is 74.8 cm³/mol. The molecule has 0 amide bonds. The number of rotatable bonds is 5. The van der Waals surface area contributed by atoms with Crippen molar-refractivity contribution >= 4 is 17.3 Å². The Hall–Kier alpha value is -0.990. The van der Waals surface area contributed by atoms with Crippen molar-refractivity contribution in [2.75, 3.05) is 0 Å². The fraction of sp³-hybridized carbons (Fsp3) is 0.812. The highest BCUT2D eigenvalue weighted by Gasteiger charge is 2.62. The Balaban J connectivity index is 3.50. The third-order valence-corrected chi connectivity index (χ3v) is 5.41. The number of carbonyl (C=O) groups excluding carboxylic acids is 3. The second-order valence-electron chi connectivity index (χ2n) is 5.64. The Morgan fingerprint density at radius 1 is 0.842 bits per heavy atom. The van der Waals surface area contributed by atoms with Crippen LogP contribution in [0.1, 0.15) is 66.7 Å². The second-order valence-corrected chi connectivity index (χ2v) is 5.64. The van der Waals surface area contributed by atoms with E-state index in [-0.39, 0.29) is 11.6 Å². The van der Waals surface area contributed by atoms with Gasteiger partial charge in [0.1, 0.15) is 0 Å². The first-order valence-electron chi connectivity index (χ1n) is 7.55. The molecule has 1 aliphatic carbocycles. The maximum Gasteiger partial charge on any atom is 0.212 e. The maximum atomic E-state index is 13.0. The zero-order chi connectivity index (χ0) is 14.8. The van der Waals surface area contributed by atoms with Crippen molar-refractivity contribution in [2.45, 2.75) is 66.7 Å². The molecule has 0 aliphatic heterocycles. The molecule has 3 nitrogen and oxygen atoms in total. The first-order valence-corrected chi connectivity index (χ1v) is 7.55. The summed E-state index contributed by atoms with van der Waals surface area (Å²) < 4.78 is 0. The van der Waals surface area contributed by atoms with Crippen LogP contribution in [0.4, 0.5) is 0 Å². The Kier molecular flexibility index (Phi) is 4.70. The van der Waals surface area contributed by atoms with Crippen molar-refractivity contribution < 1.29 is 14.4 Å². The minimum absolute atomic E-state index is 0.0199. The van der Waals surface area contributed by atoms with E-state index in [1.54, 1.807) is 0 Å². The van der Waals surface area contributed by atoms with E-state index in [1.807, 2.05) is 34.6 Å². The lowest BCUT2D eigenvalue weighted by molar-refractivity contribution is -0.166. The first kappa shape index (κ1) is 16.1. The number of Topliss-reactive ketones (excluding diaryl/α,β-unsaturated/α-hetero) is 3. The van der Waals surface area contributed by atoms with Gasteiger partial charge in [-0.1, -0.05) is 34.6 Å². The van der Waals surface area contributed by atoms with E-state index in [2.05, 4.69) is 0 Å². The lowest BCUT2D eigenvalue weighted by Gasteiger charge is -2.48. The fourth-order valence-electron chi connectivity index (χ4n) is 3.92. The Morgan fingerprint density at radius 3 is 1.63 bits per heavy atom. The van der Waals surface area contributed by atoms with Gasteiger partial charge >= 0.3 is 0 Å². The Bertz CT molecular complexity index is 387. The number of hydrogen-bond donors (Lipinski definition) is 0. The van der Waals surface area contributed by atoms with Crippen molar-refractivity contribution in [3.05, 3.63) is 0 Å². The molecule has 1 unspecified atom stereocenters. The molecule has 0 bridgehead atoms. The zero-order valence-corrected chi connectivity index (χ0v) is 12.8. The van der Waals surface area contributed by atoms with Gasteiger partial charge in [-0.15, -0.1) is 0 Å². The van der Waals surface area contributed by atoms with E-state index in [9.17, 15) is 14.4 Å². The van der Waals surface area contributed by atoms with E-state index in [1.165, 1.54) is 0 Å². The highest BCUT2D eigenvalue weighted by Crippen LogP contribution is 2.51. The summed E-state index contributed by atoms with van der Waals surface area (Å²) in [6.07, 6.45) is 2.72. The summed E-state index contributed by atoms with van der Waals surface area (Å²) in [5.74, 6) is -1.15. The predicted octanol–water partition coefficient (Wildman–Crippen LogP) is 3.35. The molecule has 1 aliphatic rings. The van der Waals surface area contributed by atoms with Crippen LogP contribution in [-0.4, -0.2) is 17.3 Å². The first-order chi connectivity index (χ1) is 8.91. The van der Waals surface area contributed by atoms with E-state index in [0.29, 0.717) is 32.1 Å². The molecule has 1 atom stereocenters. The van der Waals surface area contributed by atoms with Crippen molar-refractivity contribution in [1.82, 2.24) is 0 Å². The molecule has 19 heavy (non-hydrogen) atoms. The molecule has 0 saturated heterocycles. The number of ketones is 3. The van der Waals surface area contributed by atoms with Crippen molar-refractivity contribution in [1.29, 1.82) is 0 Å². The van der Waals surface area contributed by atoms with Crippen LogP contribution in [0.3, 0.4) is 0 Å². The van der Waals surface area contributed by atoms with Crippen molar-refractivity contribution in [3.63, 3.8) is 0 Å². The van der Waals surface area contributed by atoms with Gasteiger partial charge in [0.2, 0.25) is 11.6 Å². The molecule has 0 spiro atoms. The normalized spacial score (nSPS) is 25.7. The molecule has 1 fully saturated rings. The van der Waals surface area contributed by atoms with Crippen LogP contribution in [0.15, 0.2) is 0 Å². The molecule has 1 saturated carbocycles. The van der Waals surface area contributed by atoms with E-state index in [4.69, 9.17) is 0 Å². The van der Waals surface area contributed by atoms with Gasteiger partial charge in [-0.05, 0) is 32.1 Å². The van der Waals surface area contributed by atoms with Gasteiger partial charge in [0.05, 0.1) is 5.41 Å². The van der Waals surface area contributed by atoms with Crippen LogP contribution < -0.4 is 0 Å². The lowest BCUT2D eigenvalue weighted by Crippen LogP contribution is -2.60. The molecular weight excluding hydrogens is 240 g/mol. The molecule has 1 rings (SSSR count). The molecule has 0 aromatic heterocycles. The molecule has 0 aromatic carbocycles. The van der Waals surface area contributed by atoms with Gasteiger partial charge in [-0.3, -0.25) is 14.4 Å². The van der Waals surface area contributed by atoms with E-state index < -0.39 is 22.5 Å². The topological polar surface area (TPSA) is 51.2 Å². The molecular formula is C16H26O3. The van der Waals surface area contributed by atoms with Gasteiger partial charge in [-0.2, -0.15) is 0 Å². The van der Waals surface area contributed by atoms with Crippen LogP contribution in [0.25, 0.3) is 0 Å². The van der Waals surface area contributed by atoms with Gasteiger partial charge in [0, 0.05) is 11.3 Å². The summed E-state index contributed by atoms with van der Waals surface area (Å²) in [6, 6.07) is 0. The van der Waals surface area contributed by atoms with E-state index in [0.717, 1.165) is 0 Å².